The molecule has 1 rings (SSSR count). The van der Waals surface area contributed by atoms with Gasteiger partial charge < -0.3 is 10.0 Å². The van der Waals surface area contributed by atoms with Gasteiger partial charge in [-0.2, -0.15) is 0 Å². The lowest BCUT2D eigenvalue weighted by Crippen LogP contribution is -2.39. The minimum absolute atomic E-state index is 0.0550. The third-order valence-corrected chi connectivity index (χ3v) is 4.05. The molecule has 21 heavy (non-hydrogen) atoms. The Morgan fingerprint density at radius 3 is 2.05 bits per heavy atom. The van der Waals surface area contributed by atoms with Crippen LogP contribution in [0.1, 0.15) is 40.0 Å². The molecule has 0 aliphatic heterocycles. The van der Waals surface area contributed by atoms with Gasteiger partial charge >= 0.3 is 5.97 Å². The monoisotopic (exact) mass is 295 g/mol. The number of halogens is 1. The Labute approximate surface area is 124 Å². The smallest absolute Gasteiger partial charge is 0.310 e. The van der Waals surface area contributed by atoms with Crippen LogP contribution in [0.5, 0.6) is 0 Å². The zero-order valence-corrected chi connectivity index (χ0v) is 12.7. The molecule has 0 unspecified atom stereocenters. The second-order valence-corrected chi connectivity index (χ2v) is 5.08. The first-order valence-corrected chi connectivity index (χ1v) is 7.19. The highest BCUT2D eigenvalue weighted by Crippen LogP contribution is 2.32. The van der Waals surface area contributed by atoms with E-state index in [-0.39, 0.29) is 18.1 Å². The summed E-state index contributed by atoms with van der Waals surface area (Å²) in [6.07, 6.45) is 0.734. The Morgan fingerprint density at radius 1 is 1.14 bits per heavy atom. The average Bonchev–Trinajstić information content (AvgIpc) is 2.47. The molecule has 0 aliphatic carbocycles. The molecule has 4 nitrogen and oxygen atoms in total. The van der Waals surface area contributed by atoms with Crippen molar-refractivity contribution >= 4 is 17.6 Å². The maximum Gasteiger partial charge on any atom is 0.310 e. The summed E-state index contributed by atoms with van der Waals surface area (Å²) in [7, 11) is 0. The van der Waals surface area contributed by atoms with E-state index in [1.807, 2.05) is 6.92 Å². The van der Waals surface area contributed by atoms with Crippen molar-refractivity contribution in [2.75, 3.05) is 11.4 Å². The van der Waals surface area contributed by atoms with Crippen LogP contribution in [0.3, 0.4) is 0 Å². The molecule has 5 heteroatoms. The molecule has 1 N–H and O–H groups in total. The van der Waals surface area contributed by atoms with Crippen LogP contribution in [0.4, 0.5) is 10.1 Å². The van der Waals surface area contributed by atoms with Crippen molar-refractivity contribution in [2.24, 2.45) is 5.41 Å². The molecule has 0 atom stereocenters. The Hall–Kier alpha value is -1.91. The van der Waals surface area contributed by atoms with Gasteiger partial charge in [0.05, 0.1) is 5.41 Å². The molecule has 0 radical (unpaired) electrons. The molecule has 0 heterocycles. The van der Waals surface area contributed by atoms with E-state index in [2.05, 4.69) is 0 Å². The summed E-state index contributed by atoms with van der Waals surface area (Å²) in [5.74, 6) is -1.57. The van der Waals surface area contributed by atoms with Gasteiger partial charge in [-0.15, -0.1) is 0 Å². The van der Waals surface area contributed by atoms with Crippen molar-refractivity contribution in [1.82, 2.24) is 0 Å². The highest BCUT2D eigenvalue weighted by molar-refractivity contribution is 5.96. The predicted octanol–water partition coefficient (Wildman–Crippen LogP) is 3.46. The summed E-state index contributed by atoms with van der Waals surface area (Å²) in [4.78, 5) is 25.4. The lowest BCUT2D eigenvalue weighted by Gasteiger charge is -2.29. The molecule has 0 spiro atoms. The number of carboxylic acids is 1. The molecule has 1 amide bonds. The second kappa shape index (κ2) is 7.20. The van der Waals surface area contributed by atoms with Crippen LogP contribution in [0.2, 0.25) is 0 Å². The van der Waals surface area contributed by atoms with E-state index in [9.17, 15) is 19.1 Å². The summed E-state index contributed by atoms with van der Waals surface area (Å²) in [5.41, 5.74) is -0.458. The molecule has 0 aromatic heterocycles. The summed E-state index contributed by atoms with van der Waals surface area (Å²) < 4.78 is 13.0. The van der Waals surface area contributed by atoms with E-state index in [4.69, 9.17) is 0 Å². The maximum absolute atomic E-state index is 13.0. The van der Waals surface area contributed by atoms with E-state index in [0.717, 1.165) is 0 Å². The zero-order valence-electron chi connectivity index (χ0n) is 12.7. The Bertz CT molecular complexity index is 495. The third-order valence-electron chi connectivity index (χ3n) is 4.05. The van der Waals surface area contributed by atoms with Crippen LogP contribution < -0.4 is 4.90 Å². The molecular weight excluding hydrogens is 273 g/mol. The van der Waals surface area contributed by atoms with Crippen LogP contribution in [-0.2, 0) is 9.59 Å². The first-order valence-electron chi connectivity index (χ1n) is 7.19. The molecule has 0 bridgehead atoms. The highest BCUT2D eigenvalue weighted by atomic mass is 19.1. The van der Waals surface area contributed by atoms with Gasteiger partial charge in [-0.25, -0.2) is 4.39 Å². The third kappa shape index (κ3) is 3.80. The van der Waals surface area contributed by atoms with E-state index in [1.165, 1.54) is 29.2 Å². The molecular formula is C16H22FNO3. The Morgan fingerprint density at radius 2 is 1.67 bits per heavy atom. The SMILES string of the molecule is CCN(C(=O)CC(CC)(CC)C(=O)O)c1ccc(F)cc1. The molecule has 0 fully saturated rings. The minimum Gasteiger partial charge on any atom is -0.481 e. The number of amides is 1. The maximum atomic E-state index is 13.0. The van der Waals surface area contributed by atoms with Gasteiger partial charge in [0.15, 0.2) is 0 Å². The predicted molar refractivity (Wildman–Crippen MR) is 79.7 cm³/mol. The quantitative estimate of drug-likeness (QED) is 0.838. The fraction of sp³-hybridized carbons (Fsp3) is 0.500. The number of carbonyl (C=O) groups is 2. The van der Waals surface area contributed by atoms with Crippen molar-refractivity contribution in [3.8, 4) is 0 Å². The number of carbonyl (C=O) groups excluding carboxylic acids is 1. The lowest BCUT2D eigenvalue weighted by molar-refractivity contribution is -0.152. The van der Waals surface area contributed by atoms with Crippen molar-refractivity contribution in [3.05, 3.63) is 30.1 Å². The van der Waals surface area contributed by atoms with Crippen LogP contribution in [-0.4, -0.2) is 23.5 Å². The molecule has 0 aliphatic rings. The van der Waals surface area contributed by atoms with Gasteiger partial charge in [0, 0.05) is 18.7 Å². The number of aliphatic carboxylic acids is 1. The highest BCUT2D eigenvalue weighted by Gasteiger charge is 2.38. The normalized spacial score (nSPS) is 11.2. The average molecular weight is 295 g/mol. The van der Waals surface area contributed by atoms with Crippen molar-refractivity contribution in [2.45, 2.75) is 40.0 Å². The second-order valence-electron chi connectivity index (χ2n) is 5.08. The Kier molecular flexibility index (Phi) is 5.88. The lowest BCUT2D eigenvalue weighted by atomic mass is 9.79. The van der Waals surface area contributed by atoms with Crippen LogP contribution in [0.25, 0.3) is 0 Å². The van der Waals surface area contributed by atoms with E-state index >= 15 is 0 Å². The number of hydrogen-bond acceptors (Lipinski definition) is 2. The van der Waals surface area contributed by atoms with E-state index in [1.54, 1.807) is 13.8 Å². The Balaban J connectivity index is 2.98. The van der Waals surface area contributed by atoms with Crippen LogP contribution in [0, 0.1) is 11.2 Å². The molecule has 0 saturated carbocycles. The summed E-state index contributed by atoms with van der Waals surface area (Å²) >= 11 is 0. The van der Waals surface area contributed by atoms with Crippen LogP contribution in [0.15, 0.2) is 24.3 Å². The summed E-state index contributed by atoms with van der Waals surface area (Å²) in [6, 6.07) is 5.62. The first-order chi connectivity index (χ1) is 9.90. The first kappa shape index (κ1) is 17.1. The topological polar surface area (TPSA) is 57.6 Å². The molecule has 0 saturated heterocycles. The van der Waals surface area contributed by atoms with Gasteiger partial charge in [-0.05, 0) is 44.0 Å². The summed E-state index contributed by atoms with van der Waals surface area (Å²) in [5, 5.41) is 9.41. The fourth-order valence-electron chi connectivity index (χ4n) is 2.39. The fourth-order valence-corrected chi connectivity index (χ4v) is 2.39. The van der Waals surface area contributed by atoms with Gasteiger partial charge in [0.1, 0.15) is 5.82 Å². The van der Waals surface area contributed by atoms with Crippen molar-refractivity contribution in [3.63, 3.8) is 0 Å². The van der Waals surface area contributed by atoms with Crippen molar-refractivity contribution < 1.29 is 19.1 Å². The standard InChI is InChI=1S/C16H22FNO3/c1-4-16(5-2,15(20)21)11-14(19)18(6-3)13-9-7-12(17)8-10-13/h7-10H,4-6,11H2,1-3H3,(H,20,21). The number of nitrogens with zero attached hydrogens (tertiary/aromatic N) is 1. The number of anilines is 1. The van der Waals surface area contributed by atoms with E-state index < -0.39 is 11.4 Å². The van der Waals surface area contributed by atoms with Gasteiger partial charge in [-0.3, -0.25) is 9.59 Å². The van der Waals surface area contributed by atoms with Crippen molar-refractivity contribution in [1.29, 1.82) is 0 Å². The number of hydrogen-bond donors (Lipinski definition) is 1. The summed E-state index contributed by atoms with van der Waals surface area (Å²) in [6.45, 7) is 5.77. The van der Waals surface area contributed by atoms with Gasteiger partial charge in [0.25, 0.3) is 0 Å². The van der Waals surface area contributed by atoms with Gasteiger partial charge in [0.2, 0.25) is 5.91 Å². The van der Waals surface area contributed by atoms with E-state index in [0.29, 0.717) is 25.1 Å². The number of carboxylic acid groups (broad SMARTS) is 1. The number of benzene rings is 1. The minimum atomic E-state index is -1.04. The largest absolute Gasteiger partial charge is 0.481 e. The zero-order chi connectivity index (χ0) is 16.0. The van der Waals surface area contributed by atoms with Crippen LogP contribution >= 0.6 is 0 Å². The molecule has 116 valence electrons. The number of rotatable bonds is 7. The molecule has 1 aromatic rings. The van der Waals surface area contributed by atoms with Gasteiger partial charge in [-0.1, -0.05) is 13.8 Å². The molecule has 1 aromatic carbocycles.